The van der Waals surface area contributed by atoms with Gasteiger partial charge in [-0.1, -0.05) is 48.2 Å². The van der Waals surface area contributed by atoms with E-state index in [1.807, 2.05) is 30.3 Å². The Kier molecular flexibility index (Phi) is 6.01. The lowest BCUT2D eigenvalue weighted by atomic mass is 10.0. The molecule has 2 aromatic rings. The average Bonchev–Trinajstić information content (AvgIpc) is 2.56. The van der Waals surface area contributed by atoms with E-state index in [2.05, 4.69) is 29.3 Å². The lowest BCUT2D eigenvalue weighted by Gasteiger charge is -2.03. The second kappa shape index (κ2) is 8.44. The summed E-state index contributed by atoms with van der Waals surface area (Å²) in [6.07, 6.45) is 0.597. The van der Waals surface area contributed by atoms with Crippen LogP contribution < -0.4 is 11.1 Å². The molecule has 3 N–H and O–H groups in total. The van der Waals surface area contributed by atoms with Crippen LogP contribution in [-0.4, -0.2) is 25.2 Å². The summed E-state index contributed by atoms with van der Waals surface area (Å²) in [5, 5.41) is 4.54. The topological polar surface area (TPSA) is 81.4 Å². The minimum absolute atomic E-state index is 0.222. The summed E-state index contributed by atoms with van der Waals surface area (Å²) in [5.74, 6) is 5.62. The van der Waals surface area contributed by atoms with E-state index in [1.165, 1.54) is 0 Å². The van der Waals surface area contributed by atoms with Crippen molar-refractivity contribution in [1.82, 2.24) is 5.32 Å². The van der Waals surface area contributed by atoms with Gasteiger partial charge in [-0.05, 0) is 23.3 Å². The molecule has 0 atom stereocenters. The van der Waals surface area contributed by atoms with Gasteiger partial charge in [0, 0.05) is 12.0 Å². The predicted molar refractivity (Wildman–Crippen MR) is 88.6 cm³/mol. The van der Waals surface area contributed by atoms with Crippen LogP contribution in [-0.2, 0) is 9.53 Å². The SMILES string of the molecule is NC(=O)CNC(=O)OCCCC#Cc1cccc2ccccc12. The number of amides is 2. The van der Waals surface area contributed by atoms with Gasteiger partial charge in [-0.15, -0.1) is 0 Å². The van der Waals surface area contributed by atoms with Crippen LogP contribution in [0, 0.1) is 11.8 Å². The Bertz CT molecular complexity index is 754. The second-order valence-electron chi connectivity index (χ2n) is 4.89. The first-order valence-electron chi connectivity index (χ1n) is 7.32. The van der Waals surface area contributed by atoms with Crippen molar-refractivity contribution in [2.24, 2.45) is 5.73 Å². The first kappa shape index (κ1) is 16.4. The molecule has 0 fully saturated rings. The molecular weight excluding hydrogens is 292 g/mol. The number of ether oxygens (including phenoxy) is 1. The van der Waals surface area contributed by atoms with Crippen LogP contribution in [0.25, 0.3) is 10.8 Å². The standard InChI is InChI=1S/C18H18N2O3/c19-17(21)13-20-18(22)23-12-5-1-2-7-14-9-6-10-15-8-3-4-11-16(14)15/h3-4,6,8-11H,1,5,12-13H2,(H2,19,21)(H,20,22). The number of carbonyl (C=O) groups excluding carboxylic acids is 2. The Balaban J connectivity index is 1.78. The lowest BCUT2D eigenvalue weighted by molar-refractivity contribution is -0.117. The largest absolute Gasteiger partial charge is 0.450 e. The van der Waals surface area contributed by atoms with Crippen molar-refractivity contribution in [1.29, 1.82) is 0 Å². The Morgan fingerprint density at radius 3 is 2.74 bits per heavy atom. The summed E-state index contributed by atoms with van der Waals surface area (Å²) in [5.41, 5.74) is 5.89. The third-order valence-electron chi connectivity index (χ3n) is 3.10. The van der Waals surface area contributed by atoms with Crippen molar-refractivity contribution in [3.8, 4) is 11.8 Å². The molecule has 0 saturated carbocycles. The van der Waals surface area contributed by atoms with Gasteiger partial charge < -0.3 is 15.8 Å². The number of nitrogens with one attached hydrogen (secondary N) is 1. The van der Waals surface area contributed by atoms with Gasteiger partial charge in [-0.25, -0.2) is 4.79 Å². The summed E-state index contributed by atoms with van der Waals surface area (Å²) in [4.78, 5) is 21.7. The molecule has 0 radical (unpaired) electrons. The number of hydrogen-bond acceptors (Lipinski definition) is 3. The predicted octanol–water partition coefficient (Wildman–Crippen LogP) is 2.18. The molecule has 5 nitrogen and oxygen atoms in total. The van der Waals surface area contributed by atoms with Crippen LogP contribution in [0.5, 0.6) is 0 Å². The fourth-order valence-electron chi connectivity index (χ4n) is 2.03. The molecule has 0 heterocycles. The van der Waals surface area contributed by atoms with Gasteiger partial charge >= 0.3 is 6.09 Å². The van der Waals surface area contributed by atoms with Crippen molar-refractivity contribution in [3.05, 3.63) is 48.0 Å². The minimum atomic E-state index is -0.647. The van der Waals surface area contributed by atoms with Crippen molar-refractivity contribution >= 4 is 22.8 Å². The smallest absolute Gasteiger partial charge is 0.407 e. The van der Waals surface area contributed by atoms with E-state index in [1.54, 1.807) is 0 Å². The maximum Gasteiger partial charge on any atom is 0.407 e. The van der Waals surface area contributed by atoms with E-state index in [-0.39, 0.29) is 13.2 Å². The third-order valence-corrected chi connectivity index (χ3v) is 3.10. The lowest BCUT2D eigenvalue weighted by Crippen LogP contribution is -2.33. The number of unbranched alkanes of at least 4 members (excludes halogenated alkanes) is 1. The van der Waals surface area contributed by atoms with Gasteiger partial charge in [0.05, 0.1) is 13.2 Å². The maximum atomic E-state index is 11.2. The van der Waals surface area contributed by atoms with Gasteiger partial charge in [-0.2, -0.15) is 0 Å². The highest BCUT2D eigenvalue weighted by Gasteiger charge is 2.02. The van der Waals surface area contributed by atoms with Crippen LogP contribution in [0.15, 0.2) is 42.5 Å². The normalized spacial score (nSPS) is 9.74. The zero-order valence-electron chi connectivity index (χ0n) is 12.7. The molecule has 0 aromatic heterocycles. The fourth-order valence-corrected chi connectivity index (χ4v) is 2.03. The molecule has 0 saturated heterocycles. The monoisotopic (exact) mass is 310 g/mol. The van der Waals surface area contributed by atoms with Crippen molar-refractivity contribution in [3.63, 3.8) is 0 Å². The van der Waals surface area contributed by atoms with Crippen LogP contribution in [0.3, 0.4) is 0 Å². The molecule has 0 spiro atoms. The van der Waals surface area contributed by atoms with Crippen LogP contribution in [0.1, 0.15) is 18.4 Å². The molecule has 0 unspecified atom stereocenters. The number of benzene rings is 2. The number of rotatable bonds is 5. The summed E-state index contributed by atoms with van der Waals surface area (Å²) in [7, 11) is 0. The Hall–Kier alpha value is -3.00. The van der Waals surface area contributed by atoms with E-state index >= 15 is 0 Å². The second-order valence-corrected chi connectivity index (χ2v) is 4.89. The number of alkyl carbamates (subject to hydrolysis) is 1. The molecule has 0 aliphatic heterocycles. The number of primary amides is 1. The Labute approximate surface area is 134 Å². The minimum Gasteiger partial charge on any atom is -0.450 e. The van der Waals surface area contributed by atoms with Crippen LogP contribution in [0.2, 0.25) is 0 Å². The quantitative estimate of drug-likeness (QED) is 0.656. The molecule has 2 aromatic carbocycles. The summed E-state index contributed by atoms with van der Waals surface area (Å²) in [6.45, 7) is 0.0224. The van der Waals surface area contributed by atoms with Crippen molar-refractivity contribution < 1.29 is 14.3 Å². The molecule has 2 rings (SSSR count). The summed E-state index contributed by atoms with van der Waals surface area (Å²) >= 11 is 0. The number of hydrogen-bond donors (Lipinski definition) is 2. The van der Waals surface area contributed by atoms with Crippen LogP contribution >= 0.6 is 0 Å². The molecular formula is C18H18N2O3. The zero-order chi connectivity index (χ0) is 16.5. The number of fused-ring (bicyclic) bond motifs is 1. The molecule has 0 aliphatic carbocycles. The van der Waals surface area contributed by atoms with Gasteiger partial charge in [0.2, 0.25) is 5.91 Å². The molecule has 0 aliphatic rings. The van der Waals surface area contributed by atoms with E-state index < -0.39 is 12.0 Å². The zero-order valence-corrected chi connectivity index (χ0v) is 12.7. The summed E-state index contributed by atoms with van der Waals surface area (Å²) < 4.78 is 4.89. The van der Waals surface area contributed by atoms with E-state index in [0.29, 0.717) is 12.8 Å². The van der Waals surface area contributed by atoms with Gasteiger partial charge in [0.15, 0.2) is 0 Å². The third kappa shape index (κ3) is 5.36. The molecule has 23 heavy (non-hydrogen) atoms. The average molecular weight is 310 g/mol. The van der Waals surface area contributed by atoms with Gasteiger partial charge in [-0.3, -0.25) is 4.79 Å². The molecule has 2 amide bonds. The Morgan fingerprint density at radius 2 is 1.91 bits per heavy atom. The maximum absolute atomic E-state index is 11.2. The van der Waals surface area contributed by atoms with E-state index in [4.69, 9.17) is 10.5 Å². The highest BCUT2D eigenvalue weighted by molar-refractivity contribution is 5.88. The highest BCUT2D eigenvalue weighted by atomic mass is 16.5. The van der Waals surface area contributed by atoms with E-state index in [0.717, 1.165) is 16.3 Å². The van der Waals surface area contributed by atoms with Crippen LogP contribution in [0.4, 0.5) is 4.79 Å². The highest BCUT2D eigenvalue weighted by Crippen LogP contribution is 2.17. The molecule has 5 heteroatoms. The Morgan fingerprint density at radius 1 is 1.13 bits per heavy atom. The first-order chi connectivity index (χ1) is 11.2. The molecule has 0 bridgehead atoms. The van der Waals surface area contributed by atoms with E-state index in [9.17, 15) is 9.59 Å². The van der Waals surface area contributed by atoms with Crippen molar-refractivity contribution in [2.45, 2.75) is 12.8 Å². The first-order valence-corrected chi connectivity index (χ1v) is 7.32. The van der Waals surface area contributed by atoms with Gasteiger partial charge in [0.25, 0.3) is 0 Å². The summed E-state index contributed by atoms with van der Waals surface area (Å²) in [6, 6.07) is 14.1. The van der Waals surface area contributed by atoms with Crippen molar-refractivity contribution in [2.75, 3.05) is 13.2 Å². The number of carbonyl (C=O) groups is 2. The fraction of sp³-hybridized carbons (Fsp3) is 0.222. The number of nitrogens with two attached hydrogens (primary N) is 1. The van der Waals surface area contributed by atoms with Gasteiger partial charge in [0.1, 0.15) is 0 Å². The molecule has 118 valence electrons.